The molecule has 2 aromatic carbocycles. The van der Waals surface area contributed by atoms with Gasteiger partial charge >= 0.3 is 0 Å². The van der Waals surface area contributed by atoms with Crippen molar-refractivity contribution in [2.45, 2.75) is 25.3 Å². The summed E-state index contributed by atoms with van der Waals surface area (Å²) in [7, 11) is 0. The Morgan fingerprint density at radius 3 is 2.41 bits per heavy atom. The molecule has 1 saturated heterocycles. The second-order valence-electron chi connectivity index (χ2n) is 6.71. The molecule has 27 heavy (non-hydrogen) atoms. The van der Waals surface area contributed by atoms with E-state index in [9.17, 15) is 9.18 Å². The van der Waals surface area contributed by atoms with E-state index < -0.39 is 0 Å². The lowest BCUT2D eigenvalue weighted by Crippen LogP contribution is -2.49. The van der Waals surface area contributed by atoms with E-state index in [2.05, 4.69) is 27.7 Å². The number of hydrogen-bond donors (Lipinski definition) is 2. The van der Waals surface area contributed by atoms with E-state index in [4.69, 9.17) is 12.2 Å². The van der Waals surface area contributed by atoms with Gasteiger partial charge in [0.2, 0.25) is 0 Å². The van der Waals surface area contributed by atoms with E-state index in [-0.39, 0.29) is 17.8 Å². The van der Waals surface area contributed by atoms with Crippen LogP contribution in [0, 0.1) is 5.82 Å². The predicted octanol–water partition coefficient (Wildman–Crippen LogP) is 3.14. The Morgan fingerprint density at radius 1 is 1.07 bits per heavy atom. The number of nitrogens with one attached hydrogen (secondary N) is 2. The van der Waals surface area contributed by atoms with Gasteiger partial charge in [0.05, 0.1) is 0 Å². The maximum absolute atomic E-state index is 13.0. The van der Waals surface area contributed by atoms with Gasteiger partial charge < -0.3 is 15.5 Å². The van der Waals surface area contributed by atoms with Gasteiger partial charge in [-0.3, -0.25) is 4.79 Å². The molecule has 1 aliphatic rings. The maximum atomic E-state index is 13.0. The van der Waals surface area contributed by atoms with Crippen LogP contribution in [0.15, 0.2) is 54.6 Å². The van der Waals surface area contributed by atoms with Crippen molar-refractivity contribution in [3.8, 4) is 0 Å². The minimum atomic E-state index is -0.340. The van der Waals surface area contributed by atoms with Crippen LogP contribution in [0.4, 0.5) is 4.39 Å². The zero-order valence-corrected chi connectivity index (χ0v) is 16.0. The third-order valence-electron chi connectivity index (χ3n) is 4.76. The first-order valence-electron chi connectivity index (χ1n) is 9.25. The van der Waals surface area contributed by atoms with Crippen LogP contribution in [0.25, 0.3) is 0 Å². The molecule has 0 radical (unpaired) electrons. The lowest BCUT2D eigenvalue weighted by molar-refractivity contribution is 0.0922. The molecule has 0 unspecified atom stereocenters. The summed E-state index contributed by atoms with van der Waals surface area (Å²) in [6, 6.07) is 16.1. The maximum Gasteiger partial charge on any atom is 0.251 e. The van der Waals surface area contributed by atoms with Gasteiger partial charge in [0, 0.05) is 31.2 Å². The molecule has 1 amide bonds. The minimum Gasteiger partial charge on any atom is -0.362 e. The summed E-state index contributed by atoms with van der Waals surface area (Å²) in [5.41, 5.74) is 1.77. The second kappa shape index (κ2) is 9.46. The quantitative estimate of drug-likeness (QED) is 0.776. The number of piperidine rings is 1. The predicted molar refractivity (Wildman–Crippen MR) is 109 cm³/mol. The molecule has 6 heteroatoms. The lowest BCUT2D eigenvalue weighted by Gasteiger charge is -2.34. The summed E-state index contributed by atoms with van der Waals surface area (Å²) in [5, 5.41) is 7.12. The number of halogens is 1. The van der Waals surface area contributed by atoms with Crippen LogP contribution in [0.1, 0.15) is 28.8 Å². The van der Waals surface area contributed by atoms with Crippen LogP contribution in [-0.2, 0) is 6.42 Å². The van der Waals surface area contributed by atoms with E-state index >= 15 is 0 Å². The first-order valence-corrected chi connectivity index (χ1v) is 9.66. The van der Waals surface area contributed by atoms with Crippen LogP contribution in [0.5, 0.6) is 0 Å². The lowest BCUT2D eigenvalue weighted by atomic mass is 10.0. The van der Waals surface area contributed by atoms with Crippen molar-refractivity contribution in [1.29, 1.82) is 0 Å². The largest absolute Gasteiger partial charge is 0.362 e. The Balaban J connectivity index is 1.38. The van der Waals surface area contributed by atoms with Gasteiger partial charge in [0.1, 0.15) is 5.82 Å². The summed E-state index contributed by atoms with van der Waals surface area (Å²) in [6.45, 7) is 2.43. The zero-order valence-electron chi connectivity index (χ0n) is 15.2. The summed E-state index contributed by atoms with van der Waals surface area (Å²) in [5.74, 6) is -0.495. The van der Waals surface area contributed by atoms with Crippen LogP contribution >= 0.6 is 12.2 Å². The number of likely N-dealkylation sites (tertiary alicyclic amines) is 1. The number of nitrogens with zero attached hydrogens (tertiary/aromatic N) is 1. The Bertz CT molecular complexity index is 759. The minimum absolute atomic E-state index is 0.117. The molecule has 0 atom stereocenters. The van der Waals surface area contributed by atoms with E-state index in [1.807, 2.05) is 18.2 Å². The summed E-state index contributed by atoms with van der Waals surface area (Å²) in [4.78, 5) is 14.4. The number of carbonyl (C=O) groups excluding carboxylic acids is 1. The molecule has 2 aromatic rings. The van der Waals surface area contributed by atoms with Crippen LogP contribution in [-0.4, -0.2) is 41.6 Å². The molecular formula is C21H24FN3OS. The highest BCUT2D eigenvalue weighted by molar-refractivity contribution is 7.80. The summed E-state index contributed by atoms with van der Waals surface area (Å²) in [6.07, 6.45) is 2.62. The van der Waals surface area contributed by atoms with Gasteiger partial charge in [0.25, 0.3) is 5.91 Å². The number of carbonyl (C=O) groups is 1. The Morgan fingerprint density at radius 2 is 1.74 bits per heavy atom. The molecule has 0 saturated carbocycles. The Hall–Kier alpha value is -2.47. The zero-order chi connectivity index (χ0) is 19.1. The van der Waals surface area contributed by atoms with Crippen molar-refractivity contribution in [1.82, 2.24) is 15.5 Å². The average molecular weight is 386 g/mol. The molecule has 1 aliphatic heterocycles. The molecule has 0 aromatic heterocycles. The van der Waals surface area contributed by atoms with Crippen molar-refractivity contribution in [2.75, 3.05) is 19.6 Å². The molecule has 1 heterocycles. The summed E-state index contributed by atoms with van der Waals surface area (Å²) < 4.78 is 13.0. The normalized spacial score (nSPS) is 14.6. The highest BCUT2D eigenvalue weighted by Gasteiger charge is 2.22. The van der Waals surface area contributed by atoms with E-state index in [1.54, 1.807) is 0 Å². The molecule has 0 bridgehead atoms. The molecule has 3 rings (SSSR count). The average Bonchev–Trinajstić information content (AvgIpc) is 2.70. The third kappa shape index (κ3) is 5.76. The highest BCUT2D eigenvalue weighted by atomic mass is 32.1. The first-order chi connectivity index (χ1) is 13.1. The fraction of sp³-hybridized carbons (Fsp3) is 0.333. The molecule has 1 fully saturated rings. The summed E-state index contributed by atoms with van der Waals surface area (Å²) >= 11 is 5.50. The third-order valence-corrected chi connectivity index (χ3v) is 5.16. The van der Waals surface area contributed by atoms with Crippen LogP contribution in [0.3, 0.4) is 0 Å². The molecule has 4 nitrogen and oxygen atoms in total. The monoisotopic (exact) mass is 385 g/mol. The number of benzene rings is 2. The van der Waals surface area contributed by atoms with Crippen molar-refractivity contribution in [3.63, 3.8) is 0 Å². The molecule has 2 N–H and O–H groups in total. The van der Waals surface area contributed by atoms with Gasteiger partial charge in [-0.25, -0.2) is 4.39 Å². The molecule has 142 valence electrons. The van der Waals surface area contributed by atoms with Gasteiger partial charge in [-0.05, 0) is 61.3 Å². The molecule has 0 aliphatic carbocycles. The van der Waals surface area contributed by atoms with Gasteiger partial charge in [-0.15, -0.1) is 0 Å². The van der Waals surface area contributed by atoms with E-state index in [1.165, 1.54) is 29.8 Å². The number of thiocarbonyl (C=S) groups is 1. The second-order valence-corrected chi connectivity index (χ2v) is 7.10. The van der Waals surface area contributed by atoms with Crippen molar-refractivity contribution in [2.24, 2.45) is 0 Å². The molecule has 0 spiro atoms. The number of rotatable bonds is 5. The Labute approximate surface area is 164 Å². The SMILES string of the molecule is O=C(NC1CCN(C(=S)NCCc2ccccc2)CC1)c1ccc(F)cc1. The number of hydrogen-bond acceptors (Lipinski definition) is 2. The van der Waals surface area contributed by atoms with Gasteiger partial charge in [-0.1, -0.05) is 30.3 Å². The standard InChI is InChI=1S/C21H24FN3OS/c22-18-8-6-17(7-9-18)20(26)24-19-11-14-25(15-12-19)21(27)23-13-10-16-4-2-1-3-5-16/h1-9,19H,10-15H2,(H,23,27)(H,24,26). The fourth-order valence-corrected chi connectivity index (χ4v) is 3.45. The Kier molecular flexibility index (Phi) is 6.76. The van der Waals surface area contributed by atoms with Crippen molar-refractivity contribution in [3.05, 3.63) is 71.5 Å². The van der Waals surface area contributed by atoms with E-state index in [0.29, 0.717) is 5.56 Å². The van der Waals surface area contributed by atoms with Gasteiger partial charge in [0.15, 0.2) is 5.11 Å². The van der Waals surface area contributed by atoms with Gasteiger partial charge in [-0.2, -0.15) is 0 Å². The van der Waals surface area contributed by atoms with Crippen molar-refractivity contribution < 1.29 is 9.18 Å². The smallest absolute Gasteiger partial charge is 0.251 e. The molecular weight excluding hydrogens is 361 g/mol. The van der Waals surface area contributed by atoms with Crippen LogP contribution < -0.4 is 10.6 Å². The number of amides is 1. The fourth-order valence-electron chi connectivity index (χ4n) is 3.17. The highest BCUT2D eigenvalue weighted by Crippen LogP contribution is 2.12. The van der Waals surface area contributed by atoms with Crippen molar-refractivity contribution >= 4 is 23.2 Å². The first kappa shape index (κ1) is 19.3. The van der Waals surface area contributed by atoms with Crippen LogP contribution in [0.2, 0.25) is 0 Å². The topological polar surface area (TPSA) is 44.4 Å². The van der Waals surface area contributed by atoms with E-state index in [0.717, 1.165) is 44.0 Å².